The van der Waals surface area contributed by atoms with E-state index in [4.69, 9.17) is 5.73 Å². The van der Waals surface area contributed by atoms with Gasteiger partial charge < -0.3 is 10.5 Å². The van der Waals surface area contributed by atoms with Crippen LogP contribution in [0.4, 0.5) is 18.9 Å². The van der Waals surface area contributed by atoms with E-state index in [0.29, 0.717) is 11.3 Å². The van der Waals surface area contributed by atoms with E-state index in [-0.39, 0.29) is 5.56 Å². The number of nitrogen functional groups attached to an aromatic ring is 1. The van der Waals surface area contributed by atoms with Gasteiger partial charge in [-0.3, -0.25) is 4.74 Å². The maximum absolute atomic E-state index is 11.6. The molecule has 0 aliphatic carbocycles. The first-order valence-electron chi connectivity index (χ1n) is 5.03. The summed E-state index contributed by atoms with van der Waals surface area (Å²) >= 11 is 0. The Morgan fingerprint density at radius 3 is 2.61 bits per heavy atom. The predicted octanol–water partition coefficient (Wildman–Crippen LogP) is 2.27. The number of ether oxygens (including phenoxy) is 2. The summed E-state index contributed by atoms with van der Waals surface area (Å²) in [4.78, 5) is 11.5. The molecule has 18 heavy (non-hydrogen) atoms. The fraction of sp³-hybridized carbons (Fsp3) is 0.364. The second kappa shape index (κ2) is 5.72. The topological polar surface area (TPSA) is 61.6 Å². The monoisotopic (exact) mass is 263 g/mol. The van der Waals surface area contributed by atoms with Crippen LogP contribution in [0.2, 0.25) is 0 Å². The molecule has 0 spiro atoms. The Balaban J connectivity index is 2.48. The van der Waals surface area contributed by atoms with E-state index in [2.05, 4.69) is 9.47 Å². The van der Waals surface area contributed by atoms with Crippen molar-refractivity contribution in [2.24, 2.45) is 0 Å². The Kier molecular flexibility index (Phi) is 4.55. The van der Waals surface area contributed by atoms with E-state index in [0.717, 1.165) is 0 Å². The van der Waals surface area contributed by atoms with Gasteiger partial charge in [0.25, 0.3) is 0 Å². The van der Waals surface area contributed by atoms with Crippen molar-refractivity contribution in [1.82, 2.24) is 0 Å². The van der Waals surface area contributed by atoms with Crippen LogP contribution >= 0.6 is 0 Å². The first-order chi connectivity index (χ1) is 8.29. The van der Waals surface area contributed by atoms with Crippen LogP contribution in [0.5, 0.6) is 0 Å². The highest BCUT2D eigenvalue weighted by molar-refractivity contribution is 5.92. The minimum atomic E-state index is -4.72. The number of benzene rings is 1. The van der Waals surface area contributed by atoms with Crippen LogP contribution in [-0.2, 0) is 9.47 Å². The Labute approximate surface area is 101 Å². The van der Waals surface area contributed by atoms with Gasteiger partial charge in [0, 0.05) is 5.69 Å². The van der Waals surface area contributed by atoms with Crippen LogP contribution in [0.3, 0.4) is 0 Å². The molecule has 0 bridgehead atoms. The van der Waals surface area contributed by atoms with Gasteiger partial charge in [-0.25, -0.2) is 4.79 Å². The lowest BCUT2D eigenvalue weighted by molar-refractivity contribution is -0.326. The van der Waals surface area contributed by atoms with E-state index in [1.807, 2.05) is 0 Å². The van der Waals surface area contributed by atoms with Crippen LogP contribution in [0, 0.1) is 6.92 Å². The summed E-state index contributed by atoms with van der Waals surface area (Å²) in [5.41, 5.74) is 6.72. The molecular formula is C11H12F3NO3. The summed E-state index contributed by atoms with van der Waals surface area (Å²) in [5, 5.41) is 0. The van der Waals surface area contributed by atoms with Gasteiger partial charge in [0.15, 0.2) is 0 Å². The fourth-order valence-corrected chi connectivity index (χ4v) is 1.23. The molecule has 7 heteroatoms. The molecule has 1 aromatic carbocycles. The molecule has 100 valence electrons. The predicted molar refractivity (Wildman–Crippen MR) is 57.9 cm³/mol. The number of alkyl halides is 3. The van der Waals surface area contributed by atoms with Crippen LogP contribution in [0.15, 0.2) is 18.2 Å². The summed E-state index contributed by atoms with van der Waals surface area (Å²) < 4.78 is 43.0. The number of halogens is 3. The molecule has 0 saturated heterocycles. The summed E-state index contributed by atoms with van der Waals surface area (Å²) in [5.74, 6) is -0.731. The molecule has 0 fully saturated rings. The summed E-state index contributed by atoms with van der Waals surface area (Å²) in [7, 11) is 0. The zero-order chi connectivity index (χ0) is 13.8. The smallest absolute Gasteiger partial charge is 0.460 e. The highest BCUT2D eigenvalue weighted by Crippen LogP contribution is 2.16. The van der Waals surface area contributed by atoms with Gasteiger partial charge in [-0.05, 0) is 24.6 Å². The SMILES string of the molecule is Cc1ccc(N)cc1C(=O)OCCOC(F)(F)F. The van der Waals surface area contributed by atoms with Gasteiger partial charge >= 0.3 is 12.3 Å². The number of esters is 1. The first-order valence-corrected chi connectivity index (χ1v) is 5.03. The third-order valence-corrected chi connectivity index (χ3v) is 2.06. The van der Waals surface area contributed by atoms with Crippen LogP contribution in [-0.4, -0.2) is 25.5 Å². The third kappa shape index (κ3) is 4.62. The lowest BCUT2D eigenvalue weighted by Gasteiger charge is -2.09. The standard InChI is InChI=1S/C11H12F3NO3/c1-7-2-3-8(15)6-9(7)10(16)17-4-5-18-11(12,13)14/h2-3,6H,4-5,15H2,1H3. The quantitative estimate of drug-likeness (QED) is 0.514. The van der Waals surface area contributed by atoms with Crippen LogP contribution in [0.1, 0.15) is 15.9 Å². The minimum Gasteiger partial charge on any atom is -0.460 e. The van der Waals surface area contributed by atoms with Gasteiger partial charge in [0.1, 0.15) is 6.61 Å². The summed E-state index contributed by atoms with van der Waals surface area (Å²) in [6, 6.07) is 4.64. The lowest BCUT2D eigenvalue weighted by atomic mass is 10.1. The molecule has 0 atom stereocenters. The Morgan fingerprint density at radius 1 is 1.33 bits per heavy atom. The van der Waals surface area contributed by atoms with Crippen molar-refractivity contribution in [3.8, 4) is 0 Å². The maximum atomic E-state index is 11.6. The largest absolute Gasteiger partial charge is 0.522 e. The van der Waals surface area contributed by atoms with Crippen molar-refractivity contribution in [2.45, 2.75) is 13.3 Å². The number of aryl methyl sites for hydroxylation is 1. The van der Waals surface area contributed by atoms with Gasteiger partial charge in [-0.2, -0.15) is 0 Å². The molecule has 0 unspecified atom stereocenters. The van der Waals surface area contributed by atoms with E-state index in [1.165, 1.54) is 6.07 Å². The number of nitrogens with two attached hydrogens (primary N) is 1. The average Bonchev–Trinajstić information content (AvgIpc) is 2.26. The van der Waals surface area contributed by atoms with Gasteiger partial charge in [-0.15, -0.1) is 13.2 Å². The number of anilines is 1. The van der Waals surface area contributed by atoms with Crippen LogP contribution in [0.25, 0.3) is 0 Å². The summed E-state index contributed by atoms with van der Waals surface area (Å²) in [6.07, 6.45) is -4.72. The minimum absolute atomic E-state index is 0.224. The Hall–Kier alpha value is -1.76. The Morgan fingerprint density at radius 2 is 2.00 bits per heavy atom. The molecule has 2 N–H and O–H groups in total. The second-order valence-electron chi connectivity index (χ2n) is 3.50. The zero-order valence-corrected chi connectivity index (χ0v) is 9.58. The highest BCUT2D eigenvalue weighted by Gasteiger charge is 2.28. The number of carbonyl (C=O) groups is 1. The lowest BCUT2D eigenvalue weighted by Crippen LogP contribution is -2.19. The average molecular weight is 263 g/mol. The Bertz CT molecular complexity index is 432. The van der Waals surface area contributed by atoms with E-state index >= 15 is 0 Å². The molecule has 1 aromatic rings. The molecular weight excluding hydrogens is 251 g/mol. The molecule has 0 radical (unpaired) electrons. The molecule has 0 aliphatic rings. The van der Waals surface area contributed by atoms with E-state index < -0.39 is 25.5 Å². The molecule has 4 nitrogen and oxygen atoms in total. The normalized spacial score (nSPS) is 11.3. The molecule has 1 rings (SSSR count). The zero-order valence-electron chi connectivity index (χ0n) is 9.58. The van der Waals surface area contributed by atoms with Crippen molar-refractivity contribution >= 4 is 11.7 Å². The van der Waals surface area contributed by atoms with Gasteiger partial charge in [0.05, 0.1) is 12.2 Å². The van der Waals surface area contributed by atoms with Crippen molar-refractivity contribution in [2.75, 3.05) is 18.9 Å². The molecule has 0 saturated carbocycles. The first kappa shape index (κ1) is 14.3. The second-order valence-corrected chi connectivity index (χ2v) is 3.50. The number of rotatable bonds is 4. The molecule has 0 aromatic heterocycles. The number of hydrogen-bond donors (Lipinski definition) is 1. The molecule has 0 aliphatic heterocycles. The van der Waals surface area contributed by atoms with Crippen molar-refractivity contribution in [3.05, 3.63) is 29.3 Å². The molecule has 0 heterocycles. The number of carbonyl (C=O) groups excluding carboxylic acids is 1. The van der Waals surface area contributed by atoms with Crippen molar-refractivity contribution in [3.63, 3.8) is 0 Å². The fourth-order valence-electron chi connectivity index (χ4n) is 1.23. The summed E-state index contributed by atoms with van der Waals surface area (Å²) in [6.45, 7) is 0.450. The number of hydrogen-bond acceptors (Lipinski definition) is 4. The molecule has 0 amide bonds. The van der Waals surface area contributed by atoms with Crippen molar-refractivity contribution in [1.29, 1.82) is 0 Å². The third-order valence-electron chi connectivity index (χ3n) is 2.06. The van der Waals surface area contributed by atoms with Crippen LogP contribution < -0.4 is 5.73 Å². The highest BCUT2D eigenvalue weighted by atomic mass is 19.4. The van der Waals surface area contributed by atoms with Crippen molar-refractivity contribution < 1.29 is 27.4 Å². The van der Waals surface area contributed by atoms with E-state index in [9.17, 15) is 18.0 Å². The maximum Gasteiger partial charge on any atom is 0.522 e. The van der Waals surface area contributed by atoms with Gasteiger partial charge in [-0.1, -0.05) is 6.07 Å². The van der Waals surface area contributed by atoms with E-state index in [1.54, 1.807) is 19.1 Å². The van der Waals surface area contributed by atoms with Gasteiger partial charge in [0.2, 0.25) is 0 Å².